The molecule has 0 amide bonds. The minimum Gasteiger partial charge on any atom is -0.457 e. The highest BCUT2D eigenvalue weighted by molar-refractivity contribution is 8.22. The average Bonchev–Trinajstić information content (AvgIpc) is 2.72. The Morgan fingerprint density at radius 3 is 2.03 bits per heavy atom. The van der Waals surface area contributed by atoms with Gasteiger partial charge in [0.05, 0.1) is 0 Å². The number of esters is 1. The summed E-state index contributed by atoms with van der Waals surface area (Å²) in [5.41, 5.74) is 0.887. The Bertz CT molecular complexity index is 915. The van der Waals surface area contributed by atoms with E-state index in [1.54, 1.807) is 23.5 Å². The van der Waals surface area contributed by atoms with Crippen LogP contribution in [0.4, 0.5) is 0 Å². The van der Waals surface area contributed by atoms with Crippen LogP contribution >= 0.6 is 35.1 Å². The summed E-state index contributed by atoms with van der Waals surface area (Å²) >= 11 is 9.54. The molecule has 3 aromatic rings. The molecule has 0 aromatic heterocycles. The molecule has 0 bridgehead atoms. The van der Waals surface area contributed by atoms with Crippen molar-refractivity contribution in [3.8, 4) is 0 Å². The lowest BCUT2D eigenvalue weighted by Crippen LogP contribution is -2.08. The van der Waals surface area contributed by atoms with Crippen molar-refractivity contribution in [1.82, 2.24) is 0 Å². The predicted octanol–water partition coefficient (Wildman–Crippen LogP) is 7.76. The Morgan fingerprint density at radius 2 is 1.52 bits per heavy atom. The Labute approximate surface area is 185 Å². The van der Waals surface area contributed by atoms with Gasteiger partial charge in [0.2, 0.25) is 0 Å². The van der Waals surface area contributed by atoms with Crippen LogP contribution in [0.2, 0.25) is 5.02 Å². The first kappa shape index (κ1) is 21.6. The number of thioether (sulfide) groups is 2. The summed E-state index contributed by atoms with van der Waals surface area (Å²) in [6.45, 7) is 1.43. The van der Waals surface area contributed by atoms with Gasteiger partial charge in [-0.1, -0.05) is 89.7 Å². The molecule has 0 fully saturated rings. The first-order valence-corrected chi connectivity index (χ1v) is 11.2. The fraction of sp³-hybridized carbons (Fsp3) is 0.125. The Kier molecular flexibility index (Phi) is 8.29. The molecule has 2 nitrogen and oxygen atoms in total. The first-order chi connectivity index (χ1) is 14.1. The molecule has 1 atom stereocenters. The molecule has 0 aliphatic rings. The maximum atomic E-state index is 11.7. The van der Waals surface area contributed by atoms with E-state index in [-0.39, 0.29) is 12.1 Å². The second-order valence-electron chi connectivity index (χ2n) is 6.24. The standard InChI is InChI=1S/C24H21ClO2S2/c1-18(26)27-23(19-9-8-10-20(25)17-19)15-16-24(28-21-11-4-2-5-12-21)29-22-13-6-3-7-14-22/h2-14,16-17,23H,15H2,1H3/t23-/m0/s1. The van der Waals surface area contributed by atoms with Gasteiger partial charge in [-0.2, -0.15) is 0 Å². The molecule has 3 aromatic carbocycles. The van der Waals surface area contributed by atoms with Gasteiger partial charge in [-0.3, -0.25) is 4.79 Å². The topological polar surface area (TPSA) is 26.3 Å². The Hall–Kier alpha value is -2.14. The van der Waals surface area contributed by atoms with Crippen LogP contribution in [0.3, 0.4) is 0 Å². The summed E-state index contributed by atoms with van der Waals surface area (Å²) in [6.07, 6.45) is 2.31. The van der Waals surface area contributed by atoms with E-state index in [9.17, 15) is 4.79 Å². The van der Waals surface area contributed by atoms with Crippen molar-refractivity contribution in [3.05, 3.63) is 106 Å². The minimum absolute atomic E-state index is 0.309. The molecule has 0 aliphatic heterocycles. The fourth-order valence-electron chi connectivity index (χ4n) is 2.68. The van der Waals surface area contributed by atoms with E-state index in [1.165, 1.54) is 6.92 Å². The molecule has 0 aliphatic carbocycles. The molecular weight excluding hydrogens is 420 g/mol. The summed E-state index contributed by atoms with van der Waals surface area (Å²) < 4.78 is 6.71. The van der Waals surface area contributed by atoms with Crippen molar-refractivity contribution in [1.29, 1.82) is 0 Å². The number of carbonyl (C=O) groups excluding carboxylic acids is 1. The third-order valence-corrected chi connectivity index (χ3v) is 6.44. The number of ether oxygens (including phenoxy) is 1. The largest absolute Gasteiger partial charge is 0.457 e. The van der Waals surface area contributed by atoms with Crippen LogP contribution in [0.1, 0.15) is 25.0 Å². The zero-order valence-electron chi connectivity index (χ0n) is 16.0. The van der Waals surface area contributed by atoms with Gasteiger partial charge in [0.15, 0.2) is 0 Å². The summed E-state index contributed by atoms with van der Waals surface area (Å²) in [6, 6.07) is 27.9. The molecule has 0 saturated carbocycles. The molecule has 0 radical (unpaired) electrons. The monoisotopic (exact) mass is 440 g/mol. The summed E-state index contributed by atoms with van der Waals surface area (Å²) in [5, 5.41) is 0.626. The van der Waals surface area contributed by atoms with Gasteiger partial charge in [-0.15, -0.1) is 0 Å². The van der Waals surface area contributed by atoms with Crippen molar-refractivity contribution in [2.24, 2.45) is 0 Å². The predicted molar refractivity (Wildman–Crippen MR) is 123 cm³/mol. The van der Waals surface area contributed by atoms with Crippen LogP contribution in [0.15, 0.2) is 105 Å². The summed E-state index contributed by atoms with van der Waals surface area (Å²) in [5.74, 6) is -0.309. The van der Waals surface area contributed by atoms with E-state index < -0.39 is 0 Å². The quantitative estimate of drug-likeness (QED) is 0.264. The third-order valence-electron chi connectivity index (χ3n) is 3.95. The lowest BCUT2D eigenvalue weighted by atomic mass is 10.1. The highest BCUT2D eigenvalue weighted by atomic mass is 35.5. The van der Waals surface area contributed by atoms with Crippen LogP contribution in [0, 0.1) is 0 Å². The molecule has 0 heterocycles. The van der Waals surface area contributed by atoms with Gasteiger partial charge in [0.1, 0.15) is 6.10 Å². The molecule has 0 spiro atoms. The average molecular weight is 441 g/mol. The van der Waals surface area contributed by atoms with E-state index >= 15 is 0 Å². The van der Waals surface area contributed by atoms with Crippen molar-refractivity contribution < 1.29 is 9.53 Å². The highest BCUT2D eigenvalue weighted by Crippen LogP contribution is 2.40. The smallest absolute Gasteiger partial charge is 0.303 e. The number of hydrogen-bond donors (Lipinski definition) is 0. The molecule has 3 rings (SSSR count). The molecule has 0 N–H and O–H groups in total. The van der Waals surface area contributed by atoms with E-state index in [1.807, 2.05) is 60.7 Å². The van der Waals surface area contributed by atoms with Crippen molar-refractivity contribution in [2.75, 3.05) is 0 Å². The van der Waals surface area contributed by atoms with Crippen LogP contribution < -0.4 is 0 Å². The molecule has 0 unspecified atom stereocenters. The summed E-state index contributed by atoms with van der Waals surface area (Å²) in [7, 11) is 0. The lowest BCUT2D eigenvalue weighted by molar-refractivity contribution is -0.146. The van der Waals surface area contributed by atoms with Crippen molar-refractivity contribution in [3.63, 3.8) is 0 Å². The molecule has 148 valence electrons. The Morgan fingerprint density at radius 1 is 0.931 bits per heavy atom. The van der Waals surface area contributed by atoms with Crippen molar-refractivity contribution >= 4 is 41.1 Å². The first-order valence-electron chi connectivity index (χ1n) is 9.19. The maximum absolute atomic E-state index is 11.7. The fourth-order valence-corrected chi connectivity index (χ4v) is 5.03. The summed E-state index contributed by atoms with van der Waals surface area (Å²) in [4.78, 5) is 14.0. The SMILES string of the molecule is CC(=O)O[C@@H](CC=C(Sc1ccccc1)Sc1ccccc1)c1cccc(Cl)c1. The third kappa shape index (κ3) is 7.32. The number of benzene rings is 3. The zero-order chi connectivity index (χ0) is 20.5. The van der Waals surface area contributed by atoms with Gasteiger partial charge in [0.25, 0.3) is 0 Å². The second kappa shape index (κ2) is 11.1. The van der Waals surface area contributed by atoms with Gasteiger partial charge in [0, 0.05) is 32.4 Å². The van der Waals surface area contributed by atoms with Crippen LogP contribution in [0.5, 0.6) is 0 Å². The van der Waals surface area contributed by atoms with E-state index in [0.717, 1.165) is 19.6 Å². The normalized spacial score (nSPS) is 11.5. The molecule has 0 saturated heterocycles. The Balaban J connectivity index is 1.84. The van der Waals surface area contributed by atoms with Crippen LogP contribution in [-0.2, 0) is 9.53 Å². The van der Waals surface area contributed by atoms with Gasteiger partial charge in [-0.25, -0.2) is 0 Å². The van der Waals surface area contributed by atoms with Crippen LogP contribution in [0.25, 0.3) is 0 Å². The molecule has 5 heteroatoms. The number of hydrogen-bond acceptors (Lipinski definition) is 4. The molecular formula is C24H21ClO2S2. The van der Waals surface area contributed by atoms with E-state index in [0.29, 0.717) is 11.4 Å². The highest BCUT2D eigenvalue weighted by Gasteiger charge is 2.15. The van der Waals surface area contributed by atoms with E-state index in [4.69, 9.17) is 16.3 Å². The second-order valence-corrected chi connectivity index (χ2v) is 9.17. The number of rotatable bonds is 8. The van der Waals surface area contributed by atoms with Gasteiger partial charge >= 0.3 is 5.97 Å². The van der Waals surface area contributed by atoms with Crippen LogP contribution in [-0.4, -0.2) is 5.97 Å². The zero-order valence-corrected chi connectivity index (χ0v) is 18.3. The maximum Gasteiger partial charge on any atom is 0.303 e. The van der Waals surface area contributed by atoms with E-state index in [2.05, 4.69) is 30.3 Å². The lowest BCUT2D eigenvalue weighted by Gasteiger charge is -2.17. The van der Waals surface area contributed by atoms with Gasteiger partial charge in [-0.05, 0) is 42.0 Å². The minimum atomic E-state index is -0.381. The number of halogens is 1. The molecule has 29 heavy (non-hydrogen) atoms. The van der Waals surface area contributed by atoms with Crippen molar-refractivity contribution in [2.45, 2.75) is 29.2 Å². The number of carbonyl (C=O) groups is 1. The van der Waals surface area contributed by atoms with Gasteiger partial charge < -0.3 is 4.74 Å².